The zero-order valence-electron chi connectivity index (χ0n) is 12.1. The van der Waals surface area contributed by atoms with Crippen LogP contribution in [0.5, 0.6) is 0 Å². The lowest BCUT2D eigenvalue weighted by molar-refractivity contribution is -0.0531. The molecular formula is C12H25NO5S. The van der Waals surface area contributed by atoms with Gasteiger partial charge in [-0.25, -0.2) is 0 Å². The van der Waals surface area contributed by atoms with E-state index in [1.165, 1.54) is 6.26 Å². The predicted molar refractivity (Wildman–Crippen MR) is 73.7 cm³/mol. The van der Waals surface area contributed by atoms with Crippen molar-refractivity contribution in [3.05, 3.63) is 12.5 Å². The van der Waals surface area contributed by atoms with Crippen molar-refractivity contribution in [2.45, 2.75) is 45.6 Å². The SMILES string of the molecule is CC(C)(C)ONC=COCCCCCOS(C)(=O)=O. The molecule has 0 saturated carbocycles. The highest BCUT2D eigenvalue weighted by atomic mass is 32.2. The molecule has 0 bridgehead atoms. The Hall–Kier alpha value is -0.790. The van der Waals surface area contributed by atoms with Crippen LogP contribution in [0.2, 0.25) is 0 Å². The Morgan fingerprint density at radius 1 is 1.11 bits per heavy atom. The maximum Gasteiger partial charge on any atom is 0.264 e. The van der Waals surface area contributed by atoms with Gasteiger partial charge in [-0.2, -0.15) is 8.42 Å². The predicted octanol–water partition coefficient (Wildman–Crippen LogP) is 1.94. The van der Waals surface area contributed by atoms with Gasteiger partial charge < -0.3 is 4.74 Å². The molecule has 0 aromatic rings. The highest BCUT2D eigenvalue weighted by Crippen LogP contribution is 2.03. The average molecular weight is 295 g/mol. The summed E-state index contributed by atoms with van der Waals surface area (Å²) in [6, 6.07) is 0. The average Bonchev–Trinajstić information content (AvgIpc) is 2.22. The Bertz CT molecular complexity index is 346. The van der Waals surface area contributed by atoms with Gasteiger partial charge in [0, 0.05) is 0 Å². The molecule has 0 atom stereocenters. The molecule has 7 heteroatoms. The summed E-state index contributed by atoms with van der Waals surface area (Å²) in [7, 11) is -3.31. The second kappa shape index (κ2) is 9.17. The van der Waals surface area contributed by atoms with Crippen molar-refractivity contribution in [2.75, 3.05) is 19.5 Å². The topological polar surface area (TPSA) is 73.9 Å². The van der Waals surface area contributed by atoms with E-state index in [0.717, 1.165) is 19.1 Å². The molecule has 0 amide bonds. The van der Waals surface area contributed by atoms with Gasteiger partial charge in [-0.3, -0.25) is 14.5 Å². The van der Waals surface area contributed by atoms with Gasteiger partial charge in [-0.15, -0.1) is 0 Å². The highest BCUT2D eigenvalue weighted by molar-refractivity contribution is 7.85. The lowest BCUT2D eigenvalue weighted by Gasteiger charge is -2.17. The summed E-state index contributed by atoms with van der Waals surface area (Å²) < 4.78 is 31.2. The number of rotatable bonds is 10. The third-order valence-corrected chi connectivity index (χ3v) is 2.40. The Kier molecular flexibility index (Phi) is 8.79. The largest absolute Gasteiger partial charge is 0.500 e. The molecule has 114 valence electrons. The molecule has 0 aliphatic rings. The minimum Gasteiger partial charge on any atom is -0.500 e. The van der Waals surface area contributed by atoms with E-state index in [1.807, 2.05) is 20.8 Å². The molecule has 0 saturated heterocycles. The normalized spacial score (nSPS) is 12.8. The zero-order chi connectivity index (χ0) is 14.8. The highest BCUT2D eigenvalue weighted by Gasteiger charge is 2.08. The lowest BCUT2D eigenvalue weighted by Crippen LogP contribution is -2.25. The third-order valence-electron chi connectivity index (χ3n) is 1.80. The first kappa shape index (κ1) is 18.2. The van der Waals surface area contributed by atoms with Crippen LogP contribution < -0.4 is 5.48 Å². The van der Waals surface area contributed by atoms with Crippen LogP contribution in [0.25, 0.3) is 0 Å². The molecule has 0 aliphatic carbocycles. The fourth-order valence-electron chi connectivity index (χ4n) is 1.03. The van der Waals surface area contributed by atoms with Crippen molar-refractivity contribution in [1.82, 2.24) is 5.48 Å². The van der Waals surface area contributed by atoms with Gasteiger partial charge in [0.05, 0.1) is 31.3 Å². The zero-order valence-corrected chi connectivity index (χ0v) is 13.0. The van der Waals surface area contributed by atoms with Crippen LogP contribution in [-0.2, 0) is 23.9 Å². The summed E-state index contributed by atoms with van der Waals surface area (Å²) in [6.07, 6.45) is 6.56. The Morgan fingerprint density at radius 3 is 2.32 bits per heavy atom. The van der Waals surface area contributed by atoms with Crippen LogP contribution in [0.15, 0.2) is 12.5 Å². The van der Waals surface area contributed by atoms with Crippen LogP contribution in [0, 0.1) is 0 Å². The number of hydrogen-bond donors (Lipinski definition) is 1. The number of unbranched alkanes of at least 4 members (excludes halogenated alkanes) is 2. The van der Waals surface area contributed by atoms with Gasteiger partial charge in [0.15, 0.2) is 0 Å². The maximum atomic E-state index is 10.7. The van der Waals surface area contributed by atoms with E-state index in [9.17, 15) is 8.42 Å². The molecule has 6 nitrogen and oxygen atoms in total. The quantitative estimate of drug-likeness (QED) is 0.287. The summed E-state index contributed by atoms with van der Waals surface area (Å²) in [5.74, 6) is 0. The minimum atomic E-state index is -3.31. The first-order chi connectivity index (χ1) is 8.71. The molecule has 0 heterocycles. The number of hydrogen-bond acceptors (Lipinski definition) is 6. The summed E-state index contributed by atoms with van der Waals surface area (Å²) in [5, 5.41) is 0. The van der Waals surface area contributed by atoms with E-state index in [1.54, 1.807) is 6.20 Å². The van der Waals surface area contributed by atoms with Crippen LogP contribution in [0.1, 0.15) is 40.0 Å². The van der Waals surface area contributed by atoms with Crippen molar-refractivity contribution < 1.29 is 22.2 Å². The summed E-state index contributed by atoms with van der Waals surface area (Å²) in [5.41, 5.74) is 2.41. The van der Waals surface area contributed by atoms with E-state index >= 15 is 0 Å². The van der Waals surface area contributed by atoms with Crippen molar-refractivity contribution in [2.24, 2.45) is 0 Å². The molecule has 19 heavy (non-hydrogen) atoms. The van der Waals surface area contributed by atoms with E-state index in [4.69, 9.17) is 9.57 Å². The number of ether oxygens (including phenoxy) is 1. The van der Waals surface area contributed by atoms with Gasteiger partial charge in [0.25, 0.3) is 10.1 Å². The van der Waals surface area contributed by atoms with Crippen LogP contribution >= 0.6 is 0 Å². The number of nitrogens with one attached hydrogen (secondary N) is 1. The monoisotopic (exact) mass is 295 g/mol. The molecule has 0 unspecified atom stereocenters. The fraction of sp³-hybridized carbons (Fsp3) is 0.833. The molecule has 1 N–H and O–H groups in total. The minimum absolute atomic E-state index is 0.232. The molecule has 0 aromatic carbocycles. The van der Waals surface area contributed by atoms with Gasteiger partial charge in [-0.1, -0.05) is 0 Å². The van der Waals surface area contributed by atoms with Crippen LogP contribution in [-0.4, -0.2) is 33.5 Å². The summed E-state index contributed by atoms with van der Waals surface area (Å²) >= 11 is 0. The Labute approximate surface area is 116 Å². The van der Waals surface area contributed by atoms with Crippen LogP contribution in [0.4, 0.5) is 0 Å². The van der Waals surface area contributed by atoms with Gasteiger partial charge in [-0.05, 0) is 40.0 Å². The van der Waals surface area contributed by atoms with Gasteiger partial charge in [0.1, 0.15) is 6.26 Å². The number of hydroxylamine groups is 1. The van der Waals surface area contributed by atoms with Gasteiger partial charge >= 0.3 is 0 Å². The summed E-state index contributed by atoms with van der Waals surface area (Å²) in [6.45, 7) is 6.62. The molecule has 0 rings (SSSR count). The Morgan fingerprint density at radius 2 is 1.74 bits per heavy atom. The van der Waals surface area contributed by atoms with Crippen molar-refractivity contribution in [3.8, 4) is 0 Å². The molecular weight excluding hydrogens is 270 g/mol. The second-order valence-electron chi connectivity index (χ2n) is 5.09. The Balaban J connectivity index is 3.30. The maximum absolute atomic E-state index is 10.7. The lowest BCUT2D eigenvalue weighted by atomic mass is 10.2. The van der Waals surface area contributed by atoms with Crippen molar-refractivity contribution >= 4 is 10.1 Å². The second-order valence-corrected chi connectivity index (χ2v) is 6.74. The smallest absolute Gasteiger partial charge is 0.264 e. The third kappa shape index (κ3) is 17.2. The fourth-order valence-corrected chi connectivity index (χ4v) is 1.45. The van der Waals surface area contributed by atoms with E-state index in [-0.39, 0.29) is 12.2 Å². The van der Waals surface area contributed by atoms with E-state index in [2.05, 4.69) is 9.66 Å². The first-order valence-electron chi connectivity index (χ1n) is 6.25. The van der Waals surface area contributed by atoms with E-state index in [0.29, 0.717) is 13.0 Å². The molecule has 0 fully saturated rings. The van der Waals surface area contributed by atoms with Gasteiger partial charge in [0.2, 0.25) is 0 Å². The van der Waals surface area contributed by atoms with Crippen LogP contribution in [0.3, 0.4) is 0 Å². The summed E-state index contributed by atoms with van der Waals surface area (Å²) in [4.78, 5) is 5.23. The molecule has 0 radical (unpaired) electrons. The molecule has 0 spiro atoms. The standard InChI is InChI=1S/C12H25NO5S/c1-12(2,3)18-13-8-11-16-9-6-5-7-10-17-19(4,14)15/h8,11,13H,5-7,9-10H2,1-4H3. The molecule has 0 aromatic heterocycles. The first-order valence-corrected chi connectivity index (χ1v) is 8.07. The molecule has 0 aliphatic heterocycles. The van der Waals surface area contributed by atoms with Crippen molar-refractivity contribution in [3.63, 3.8) is 0 Å². The van der Waals surface area contributed by atoms with Crippen molar-refractivity contribution in [1.29, 1.82) is 0 Å². The van der Waals surface area contributed by atoms with E-state index < -0.39 is 10.1 Å².